The van der Waals surface area contributed by atoms with Gasteiger partial charge in [0.25, 0.3) is 5.91 Å². The Hall–Kier alpha value is -3.02. The minimum absolute atomic E-state index is 0.0377. The molecule has 3 rings (SSSR count). The van der Waals surface area contributed by atoms with Crippen molar-refractivity contribution in [2.75, 3.05) is 45.3 Å². The van der Waals surface area contributed by atoms with Crippen LogP contribution >= 0.6 is 0 Å². The molecule has 1 heterocycles. The topological polar surface area (TPSA) is 59.1 Å². The van der Waals surface area contributed by atoms with Gasteiger partial charge >= 0.3 is 0 Å². The Bertz CT molecular complexity index is 820. The molecule has 0 aromatic heterocycles. The highest BCUT2D eigenvalue weighted by Crippen LogP contribution is 2.24. The van der Waals surface area contributed by atoms with Gasteiger partial charge in [0.05, 0.1) is 14.2 Å². The molecule has 1 aliphatic rings. The SMILES string of the molecule is COc1cc(OC)cc(C(=O)N2CCN(c3cccc(C(C)=O)c3)CC2)c1. The molecular weight excluding hydrogens is 344 g/mol. The van der Waals surface area contributed by atoms with Crippen molar-refractivity contribution in [3.05, 3.63) is 53.6 Å². The zero-order valence-electron chi connectivity index (χ0n) is 15.9. The quantitative estimate of drug-likeness (QED) is 0.760. The van der Waals surface area contributed by atoms with Crippen LogP contribution in [0.3, 0.4) is 0 Å². The molecule has 27 heavy (non-hydrogen) atoms. The van der Waals surface area contributed by atoms with Gasteiger partial charge in [-0.05, 0) is 31.2 Å². The summed E-state index contributed by atoms with van der Waals surface area (Å²) in [6.45, 7) is 4.23. The number of carbonyl (C=O) groups is 2. The second kappa shape index (κ2) is 8.12. The van der Waals surface area contributed by atoms with Gasteiger partial charge in [0.2, 0.25) is 0 Å². The van der Waals surface area contributed by atoms with Crippen LogP contribution in [-0.2, 0) is 0 Å². The third kappa shape index (κ3) is 4.22. The van der Waals surface area contributed by atoms with Gasteiger partial charge in [-0.15, -0.1) is 0 Å². The zero-order chi connectivity index (χ0) is 19.4. The van der Waals surface area contributed by atoms with Gasteiger partial charge in [0.1, 0.15) is 11.5 Å². The highest BCUT2D eigenvalue weighted by Gasteiger charge is 2.23. The molecule has 142 valence electrons. The molecule has 0 N–H and O–H groups in total. The summed E-state index contributed by atoms with van der Waals surface area (Å²) in [5.74, 6) is 1.21. The molecule has 2 aromatic carbocycles. The highest BCUT2D eigenvalue weighted by molar-refractivity contribution is 5.96. The van der Waals surface area contributed by atoms with E-state index in [1.807, 2.05) is 29.2 Å². The van der Waals surface area contributed by atoms with Gasteiger partial charge in [-0.3, -0.25) is 9.59 Å². The fourth-order valence-electron chi connectivity index (χ4n) is 3.20. The van der Waals surface area contributed by atoms with E-state index < -0.39 is 0 Å². The first-order valence-corrected chi connectivity index (χ1v) is 8.90. The average molecular weight is 368 g/mol. The lowest BCUT2D eigenvalue weighted by Crippen LogP contribution is -2.48. The summed E-state index contributed by atoms with van der Waals surface area (Å²) in [7, 11) is 3.13. The third-order valence-corrected chi connectivity index (χ3v) is 4.78. The van der Waals surface area contributed by atoms with Crippen molar-refractivity contribution in [2.45, 2.75) is 6.92 Å². The fraction of sp³-hybridized carbons (Fsp3) is 0.333. The Balaban J connectivity index is 1.69. The van der Waals surface area contributed by atoms with Crippen molar-refractivity contribution in [2.24, 2.45) is 0 Å². The van der Waals surface area contributed by atoms with Crippen LogP contribution < -0.4 is 14.4 Å². The molecule has 0 radical (unpaired) electrons. The standard InChI is InChI=1S/C21H24N2O4/c1-15(24)16-5-4-6-18(11-16)22-7-9-23(10-8-22)21(25)17-12-19(26-2)14-20(13-17)27-3/h4-6,11-14H,7-10H2,1-3H3. The monoisotopic (exact) mass is 368 g/mol. The smallest absolute Gasteiger partial charge is 0.254 e. The lowest BCUT2D eigenvalue weighted by Gasteiger charge is -2.36. The lowest BCUT2D eigenvalue weighted by atomic mass is 10.1. The molecule has 6 heteroatoms. The normalized spacial score (nSPS) is 14.0. The van der Waals surface area contributed by atoms with E-state index in [-0.39, 0.29) is 11.7 Å². The van der Waals surface area contributed by atoms with Gasteiger partial charge in [0, 0.05) is 49.1 Å². The van der Waals surface area contributed by atoms with Gasteiger partial charge in [-0.1, -0.05) is 12.1 Å². The Morgan fingerprint density at radius 2 is 1.48 bits per heavy atom. The van der Waals surface area contributed by atoms with Crippen molar-refractivity contribution in [3.8, 4) is 11.5 Å². The maximum atomic E-state index is 12.9. The first-order chi connectivity index (χ1) is 13.0. The first-order valence-electron chi connectivity index (χ1n) is 8.90. The molecule has 6 nitrogen and oxygen atoms in total. The number of ether oxygens (including phenoxy) is 2. The summed E-state index contributed by atoms with van der Waals surface area (Å²) in [6.07, 6.45) is 0. The number of rotatable bonds is 5. The summed E-state index contributed by atoms with van der Waals surface area (Å²) < 4.78 is 10.5. The number of hydrogen-bond acceptors (Lipinski definition) is 5. The van der Waals surface area contributed by atoms with Crippen LogP contribution in [0.4, 0.5) is 5.69 Å². The molecule has 0 aliphatic carbocycles. The van der Waals surface area contributed by atoms with Crippen molar-refractivity contribution in [3.63, 3.8) is 0 Å². The van der Waals surface area contributed by atoms with Gasteiger partial charge in [0.15, 0.2) is 5.78 Å². The van der Waals surface area contributed by atoms with Crippen LogP contribution in [0.25, 0.3) is 0 Å². The zero-order valence-corrected chi connectivity index (χ0v) is 15.9. The van der Waals surface area contributed by atoms with E-state index in [1.165, 1.54) is 0 Å². The van der Waals surface area contributed by atoms with E-state index in [9.17, 15) is 9.59 Å². The number of ketones is 1. The molecule has 1 aliphatic heterocycles. The number of carbonyl (C=O) groups excluding carboxylic acids is 2. The van der Waals surface area contributed by atoms with Crippen LogP contribution in [-0.4, -0.2) is 57.0 Å². The fourth-order valence-corrected chi connectivity index (χ4v) is 3.20. The molecular formula is C21H24N2O4. The Morgan fingerprint density at radius 1 is 0.852 bits per heavy atom. The number of methoxy groups -OCH3 is 2. The summed E-state index contributed by atoms with van der Waals surface area (Å²) in [4.78, 5) is 28.5. The predicted molar refractivity (Wildman–Crippen MR) is 104 cm³/mol. The molecule has 0 unspecified atom stereocenters. The van der Waals surface area contributed by atoms with Crippen molar-refractivity contribution in [1.29, 1.82) is 0 Å². The molecule has 1 fully saturated rings. The van der Waals surface area contributed by atoms with E-state index in [0.717, 1.165) is 5.69 Å². The van der Waals surface area contributed by atoms with Crippen LogP contribution in [0, 0.1) is 0 Å². The number of anilines is 1. The van der Waals surface area contributed by atoms with Gasteiger partial charge < -0.3 is 19.3 Å². The number of Topliss-reactive ketones (excluding diaryl/α,β-unsaturated/α-hetero) is 1. The van der Waals surface area contributed by atoms with E-state index in [0.29, 0.717) is 48.8 Å². The van der Waals surface area contributed by atoms with E-state index in [4.69, 9.17) is 9.47 Å². The van der Waals surface area contributed by atoms with E-state index in [2.05, 4.69) is 4.90 Å². The minimum atomic E-state index is -0.0377. The molecule has 1 saturated heterocycles. The third-order valence-electron chi connectivity index (χ3n) is 4.78. The molecule has 2 aromatic rings. The maximum Gasteiger partial charge on any atom is 0.254 e. The van der Waals surface area contributed by atoms with Gasteiger partial charge in [-0.25, -0.2) is 0 Å². The molecule has 0 atom stereocenters. The van der Waals surface area contributed by atoms with Gasteiger partial charge in [-0.2, -0.15) is 0 Å². The summed E-state index contributed by atoms with van der Waals surface area (Å²) >= 11 is 0. The lowest BCUT2D eigenvalue weighted by molar-refractivity contribution is 0.0746. The van der Waals surface area contributed by atoms with E-state index in [1.54, 1.807) is 39.3 Å². The molecule has 0 spiro atoms. The predicted octanol–water partition coefficient (Wildman–Crippen LogP) is 2.87. The van der Waals surface area contributed by atoms with Crippen molar-refractivity contribution >= 4 is 17.4 Å². The average Bonchev–Trinajstić information content (AvgIpc) is 2.73. The minimum Gasteiger partial charge on any atom is -0.497 e. The van der Waals surface area contributed by atoms with Crippen LogP contribution in [0.5, 0.6) is 11.5 Å². The molecule has 1 amide bonds. The van der Waals surface area contributed by atoms with Crippen molar-refractivity contribution < 1.29 is 19.1 Å². The summed E-state index contributed by atoms with van der Waals surface area (Å²) in [6, 6.07) is 12.8. The Morgan fingerprint density at radius 3 is 2.04 bits per heavy atom. The molecule has 0 saturated carbocycles. The van der Waals surface area contributed by atoms with Crippen LogP contribution in [0.1, 0.15) is 27.6 Å². The number of amides is 1. The first kappa shape index (κ1) is 18.8. The second-order valence-electron chi connectivity index (χ2n) is 6.49. The van der Waals surface area contributed by atoms with E-state index >= 15 is 0 Å². The number of piperazine rings is 1. The number of hydrogen-bond donors (Lipinski definition) is 0. The summed E-state index contributed by atoms with van der Waals surface area (Å²) in [5, 5.41) is 0. The summed E-state index contributed by atoms with van der Waals surface area (Å²) in [5.41, 5.74) is 2.27. The second-order valence-corrected chi connectivity index (χ2v) is 6.49. The Kier molecular flexibility index (Phi) is 5.64. The van der Waals surface area contributed by atoms with Crippen molar-refractivity contribution in [1.82, 2.24) is 4.90 Å². The number of benzene rings is 2. The largest absolute Gasteiger partial charge is 0.497 e. The highest BCUT2D eigenvalue weighted by atomic mass is 16.5. The van der Waals surface area contributed by atoms with Crippen LogP contribution in [0.15, 0.2) is 42.5 Å². The Labute approximate surface area is 159 Å². The maximum absolute atomic E-state index is 12.9. The number of nitrogens with zero attached hydrogens (tertiary/aromatic N) is 2. The molecule has 0 bridgehead atoms. The van der Waals surface area contributed by atoms with Crippen LogP contribution in [0.2, 0.25) is 0 Å².